The molecule has 0 radical (unpaired) electrons. The molecule has 0 saturated heterocycles. The second-order valence-corrected chi connectivity index (χ2v) is 22.6. The van der Waals surface area contributed by atoms with Crippen LogP contribution in [-0.2, 0) is 28.6 Å². The zero-order valence-corrected chi connectivity index (χ0v) is 47.5. The zero-order valence-electron chi connectivity index (χ0n) is 47.5. The van der Waals surface area contributed by atoms with E-state index in [4.69, 9.17) is 14.2 Å². The van der Waals surface area contributed by atoms with E-state index in [1.165, 1.54) is 244 Å². The van der Waals surface area contributed by atoms with Crippen LogP contribution in [0.4, 0.5) is 0 Å². The van der Waals surface area contributed by atoms with Gasteiger partial charge in [0.2, 0.25) is 0 Å². The Kier molecular flexibility index (Phi) is 54.4. The number of carbonyl (C=O) groups excluding carboxylic acids is 3. The van der Waals surface area contributed by atoms with Crippen molar-refractivity contribution in [3.8, 4) is 0 Å². The van der Waals surface area contributed by atoms with Crippen LogP contribution in [0.25, 0.3) is 0 Å². The fraction of sp³-hybridized carbons (Fsp3) is 0.952. The first kappa shape index (κ1) is 67.4. The van der Waals surface area contributed by atoms with Crippen molar-refractivity contribution in [2.75, 3.05) is 13.2 Å². The lowest BCUT2D eigenvalue weighted by molar-refractivity contribution is -0.167. The van der Waals surface area contributed by atoms with E-state index in [9.17, 15) is 14.4 Å². The van der Waals surface area contributed by atoms with Gasteiger partial charge in [0.1, 0.15) is 13.2 Å². The molecule has 0 spiro atoms. The average molecular weight is 976 g/mol. The standard InChI is InChI=1S/C63H122O6/c1-6-7-8-9-10-11-12-13-14-15-16-17-20-23-28-33-38-43-48-53-61(64)67-56-60(57-68-62(65)54-49-44-39-34-30-25-27-32-37-42-47-52-59(4)5)69-63(66)55-50-45-40-35-29-24-21-18-19-22-26-31-36-41-46-51-58(2)3/h58-60H,6-57H2,1-5H3/t60-/m0/s1. The predicted octanol–water partition coefficient (Wildman–Crippen LogP) is 20.8. The quantitative estimate of drug-likeness (QED) is 0.0343. The largest absolute Gasteiger partial charge is 0.462 e. The van der Waals surface area contributed by atoms with Crippen LogP contribution in [0.2, 0.25) is 0 Å². The summed E-state index contributed by atoms with van der Waals surface area (Å²) in [4.78, 5) is 38.3. The summed E-state index contributed by atoms with van der Waals surface area (Å²) in [5.41, 5.74) is 0. The van der Waals surface area contributed by atoms with Crippen LogP contribution in [0, 0.1) is 11.8 Å². The third-order valence-electron chi connectivity index (χ3n) is 14.5. The van der Waals surface area contributed by atoms with Crippen molar-refractivity contribution in [2.45, 2.75) is 362 Å². The minimum Gasteiger partial charge on any atom is -0.462 e. The van der Waals surface area contributed by atoms with Crippen LogP contribution in [0.3, 0.4) is 0 Å². The van der Waals surface area contributed by atoms with Crippen LogP contribution >= 0.6 is 0 Å². The molecule has 1 atom stereocenters. The van der Waals surface area contributed by atoms with E-state index in [-0.39, 0.29) is 31.1 Å². The molecule has 0 bridgehead atoms. The van der Waals surface area contributed by atoms with Gasteiger partial charge in [-0.1, -0.05) is 317 Å². The van der Waals surface area contributed by atoms with E-state index in [0.717, 1.165) is 69.6 Å². The highest BCUT2D eigenvalue weighted by Gasteiger charge is 2.19. The summed E-state index contributed by atoms with van der Waals surface area (Å²) in [7, 11) is 0. The molecule has 410 valence electrons. The third kappa shape index (κ3) is 57.2. The summed E-state index contributed by atoms with van der Waals surface area (Å²) in [5, 5.41) is 0. The van der Waals surface area contributed by atoms with Crippen molar-refractivity contribution in [1.82, 2.24) is 0 Å². The predicted molar refractivity (Wildman–Crippen MR) is 298 cm³/mol. The van der Waals surface area contributed by atoms with Gasteiger partial charge in [-0.25, -0.2) is 0 Å². The molecule has 69 heavy (non-hydrogen) atoms. The molecule has 0 unspecified atom stereocenters. The lowest BCUT2D eigenvalue weighted by atomic mass is 10.0. The Balaban J connectivity index is 4.28. The Hall–Kier alpha value is -1.59. The van der Waals surface area contributed by atoms with Crippen LogP contribution in [0.15, 0.2) is 0 Å². The van der Waals surface area contributed by atoms with Gasteiger partial charge in [-0.2, -0.15) is 0 Å². The Bertz CT molecular complexity index is 1060. The second kappa shape index (κ2) is 55.7. The molecule has 0 amide bonds. The summed E-state index contributed by atoms with van der Waals surface area (Å²) in [6.45, 7) is 11.4. The minimum absolute atomic E-state index is 0.0621. The van der Waals surface area contributed by atoms with E-state index in [0.29, 0.717) is 19.3 Å². The maximum Gasteiger partial charge on any atom is 0.306 e. The third-order valence-corrected chi connectivity index (χ3v) is 14.5. The molecule has 0 aromatic rings. The lowest BCUT2D eigenvalue weighted by Crippen LogP contribution is -2.30. The van der Waals surface area contributed by atoms with Gasteiger partial charge in [0.05, 0.1) is 0 Å². The summed E-state index contributed by atoms with van der Waals surface area (Å²) >= 11 is 0. The molecule has 0 fully saturated rings. The molecule has 0 aliphatic rings. The van der Waals surface area contributed by atoms with Crippen LogP contribution in [-0.4, -0.2) is 37.2 Å². The number of ether oxygens (including phenoxy) is 3. The Morgan fingerprint density at radius 1 is 0.275 bits per heavy atom. The fourth-order valence-corrected chi connectivity index (χ4v) is 9.76. The highest BCUT2D eigenvalue weighted by atomic mass is 16.6. The molecule has 0 aromatic heterocycles. The second-order valence-electron chi connectivity index (χ2n) is 22.6. The summed E-state index contributed by atoms with van der Waals surface area (Å²) in [6, 6.07) is 0. The number of esters is 3. The number of hydrogen-bond donors (Lipinski definition) is 0. The molecular weight excluding hydrogens is 853 g/mol. The van der Waals surface area contributed by atoms with Gasteiger partial charge in [0.25, 0.3) is 0 Å². The minimum atomic E-state index is -0.763. The van der Waals surface area contributed by atoms with Crippen LogP contribution in [0.1, 0.15) is 356 Å². The Morgan fingerprint density at radius 2 is 0.478 bits per heavy atom. The maximum atomic E-state index is 12.9. The first-order valence-corrected chi connectivity index (χ1v) is 31.2. The first-order chi connectivity index (χ1) is 33.7. The molecule has 6 heteroatoms. The molecule has 0 aromatic carbocycles. The Labute approximate surface area is 431 Å². The number of rotatable bonds is 57. The zero-order chi connectivity index (χ0) is 50.4. The molecule has 0 aliphatic carbocycles. The summed E-state index contributed by atoms with van der Waals surface area (Å²) in [5.74, 6) is 0.841. The SMILES string of the molecule is CCCCCCCCCCCCCCCCCCCCCC(=O)OC[C@@H](COC(=O)CCCCCCCCCCCCCC(C)C)OC(=O)CCCCCCCCCCCCCCCCCC(C)C. The molecule has 6 nitrogen and oxygen atoms in total. The van der Waals surface area contributed by atoms with Crippen molar-refractivity contribution in [3.63, 3.8) is 0 Å². The number of carbonyl (C=O) groups is 3. The van der Waals surface area contributed by atoms with Crippen molar-refractivity contribution in [2.24, 2.45) is 11.8 Å². The van der Waals surface area contributed by atoms with E-state index in [2.05, 4.69) is 34.6 Å². The van der Waals surface area contributed by atoms with E-state index < -0.39 is 6.10 Å². The molecule has 0 N–H and O–H groups in total. The van der Waals surface area contributed by atoms with Gasteiger partial charge < -0.3 is 14.2 Å². The number of unbranched alkanes of at least 4 members (excludes halogenated alkanes) is 42. The molecule has 0 rings (SSSR count). The smallest absolute Gasteiger partial charge is 0.306 e. The topological polar surface area (TPSA) is 78.9 Å². The van der Waals surface area contributed by atoms with Gasteiger partial charge >= 0.3 is 17.9 Å². The molecule has 0 aliphatic heterocycles. The highest BCUT2D eigenvalue weighted by molar-refractivity contribution is 5.71. The van der Waals surface area contributed by atoms with Crippen molar-refractivity contribution >= 4 is 17.9 Å². The van der Waals surface area contributed by atoms with Gasteiger partial charge in [-0.3, -0.25) is 14.4 Å². The average Bonchev–Trinajstić information content (AvgIpc) is 3.32. The van der Waals surface area contributed by atoms with E-state index in [1.807, 2.05) is 0 Å². The first-order valence-electron chi connectivity index (χ1n) is 31.2. The monoisotopic (exact) mass is 975 g/mol. The maximum absolute atomic E-state index is 12.9. The number of hydrogen-bond acceptors (Lipinski definition) is 6. The lowest BCUT2D eigenvalue weighted by Gasteiger charge is -2.18. The van der Waals surface area contributed by atoms with Gasteiger partial charge in [-0.15, -0.1) is 0 Å². The van der Waals surface area contributed by atoms with Gasteiger partial charge in [-0.05, 0) is 31.1 Å². The molecule has 0 saturated carbocycles. The van der Waals surface area contributed by atoms with Gasteiger partial charge in [0.15, 0.2) is 6.10 Å². The van der Waals surface area contributed by atoms with Crippen LogP contribution < -0.4 is 0 Å². The van der Waals surface area contributed by atoms with Gasteiger partial charge in [0, 0.05) is 19.3 Å². The van der Waals surface area contributed by atoms with E-state index >= 15 is 0 Å². The fourth-order valence-electron chi connectivity index (χ4n) is 9.76. The Morgan fingerprint density at radius 3 is 0.710 bits per heavy atom. The molecule has 0 heterocycles. The molecular formula is C63H122O6. The van der Waals surface area contributed by atoms with Crippen molar-refractivity contribution in [3.05, 3.63) is 0 Å². The van der Waals surface area contributed by atoms with Crippen molar-refractivity contribution in [1.29, 1.82) is 0 Å². The normalized spacial score (nSPS) is 12.0. The van der Waals surface area contributed by atoms with Crippen molar-refractivity contribution < 1.29 is 28.6 Å². The summed E-state index contributed by atoms with van der Waals surface area (Å²) < 4.78 is 16.9. The summed E-state index contributed by atoms with van der Waals surface area (Å²) in [6.07, 6.45) is 61.0. The van der Waals surface area contributed by atoms with Crippen LogP contribution in [0.5, 0.6) is 0 Å². The van der Waals surface area contributed by atoms with E-state index in [1.54, 1.807) is 0 Å². The highest BCUT2D eigenvalue weighted by Crippen LogP contribution is 2.19.